The van der Waals surface area contributed by atoms with E-state index in [2.05, 4.69) is 10.3 Å². The van der Waals surface area contributed by atoms with Gasteiger partial charge in [0.2, 0.25) is 5.91 Å². The Morgan fingerprint density at radius 3 is 2.57 bits per heavy atom. The molecule has 0 saturated carbocycles. The van der Waals surface area contributed by atoms with Gasteiger partial charge in [-0.05, 0) is 30.7 Å². The summed E-state index contributed by atoms with van der Waals surface area (Å²) < 4.78 is 0. The highest BCUT2D eigenvalue weighted by molar-refractivity contribution is 8.00. The number of nitrogens with zero attached hydrogens (tertiary/aromatic N) is 1. The monoisotopic (exact) mass is 322 g/mol. The van der Waals surface area contributed by atoms with Gasteiger partial charge in [-0.3, -0.25) is 4.79 Å². The van der Waals surface area contributed by atoms with Crippen LogP contribution >= 0.6 is 11.8 Å². The molecular formula is C19H18N2OS. The lowest BCUT2D eigenvalue weighted by atomic mass is 10.2. The second kappa shape index (κ2) is 7.29. The summed E-state index contributed by atoms with van der Waals surface area (Å²) in [5.74, 6) is 0.0126. The first-order valence-electron chi connectivity index (χ1n) is 7.64. The number of amides is 1. The van der Waals surface area contributed by atoms with Gasteiger partial charge < -0.3 is 5.32 Å². The van der Waals surface area contributed by atoms with Crippen molar-refractivity contribution < 1.29 is 4.79 Å². The Morgan fingerprint density at radius 2 is 1.78 bits per heavy atom. The number of thioether (sulfide) groups is 1. The Bertz CT molecular complexity index is 805. The zero-order chi connectivity index (χ0) is 16.1. The van der Waals surface area contributed by atoms with Crippen LogP contribution < -0.4 is 5.32 Å². The van der Waals surface area contributed by atoms with Gasteiger partial charge in [0.15, 0.2) is 0 Å². The summed E-state index contributed by atoms with van der Waals surface area (Å²) >= 11 is 1.51. The Morgan fingerprint density at radius 1 is 1.04 bits per heavy atom. The second-order valence-corrected chi connectivity index (χ2v) is 6.44. The van der Waals surface area contributed by atoms with Gasteiger partial charge in [-0.2, -0.15) is 0 Å². The Balaban J connectivity index is 1.73. The van der Waals surface area contributed by atoms with E-state index in [0.717, 1.165) is 28.0 Å². The summed E-state index contributed by atoms with van der Waals surface area (Å²) in [6.07, 6.45) is 0.748. The van der Waals surface area contributed by atoms with Crippen LogP contribution in [0, 0.1) is 0 Å². The number of carbonyl (C=O) groups excluding carboxylic acids is 1. The highest BCUT2D eigenvalue weighted by Gasteiger charge is 2.18. The standard InChI is InChI=1S/C19H18N2OS/c1-2-17(19(22)20-15-9-4-3-5-10-15)23-18-13-12-14-8-6-7-11-16(14)21-18/h3-13,17H,2H2,1H3,(H,20,22)/t17-/m0/s1. The number of anilines is 1. The normalized spacial score (nSPS) is 12.0. The van der Waals surface area contributed by atoms with E-state index in [0.29, 0.717) is 0 Å². The molecule has 1 aromatic heterocycles. The van der Waals surface area contributed by atoms with Crippen LogP contribution in [-0.4, -0.2) is 16.1 Å². The molecule has 3 nitrogen and oxygen atoms in total. The lowest BCUT2D eigenvalue weighted by Crippen LogP contribution is -2.24. The smallest absolute Gasteiger partial charge is 0.237 e. The highest BCUT2D eigenvalue weighted by Crippen LogP contribution is 2.26. The van der Waals surface area contributed by atoms with Crippen LogP contribution in [-0.2, 0) is 4.79 Å². The molecular weight excluding hydrogens is 304 g/mol. The summed E-state index contributed by atoms with van der Waals surface area (Å²) in [4.78, 5) is 17.1. The first-order valence-corrected chi connectivity index (χ1v) is 8.52. The molecule has 0 bridgehead atoms. The van der Waals surface area contributed by atoms with E-state index in [1.807, 2.05) is 73.7 Å². The molecule has 1 heterocycles. The Kier molecular flexibility index (Phi) is 4.93. The molecule has 1 atom stereocenters. The quantitative estimate of drug-likeness (QED) is 0.690. The van der Waals surface area contributed by atoms with Crippen molar-refractivity contribution in [1.82, 2.24) is 4.98 Å². The third kappa shape index (κ3) is 3.90. The highest BCUT2D eigenvalue weighted by atomic mass is 32.2. The van der Waals surface area contributed by atoms with Crippen LogP contribution in [0.25, 0.3) is 10.9 Å². The summed E-state index contributed by atoms with van der Waals surface area (Å²) in [6, 6.07) is 21.6. The van der Waals surface area contributed by atoms with Crippen molar-refractivity contribution in [2.24, 2.45) is 0 Å². The van der Waals surface area contributed by atoms with Crippen LogP contribution in [0.1, 0.15) is 13.3 Å². The van der Waals surface area contributed by atoms with Crippen molar-refractivity contribution in [2.45, 2.75) is 23.6 Å². The molecule has 0 unspecified atom stereocenters. The minimum absolute atomic E-state index is 0.0126. The van der Waals surface area contributed by atoms with Crippen LogP contribution in [0.2, 0.25) is 0 Å². The number of hydrogen-bond acceptors (Lipinski definition) is 3. The van der Waals surface area contributed by atoms with Crippen molar-refractivity contribution in [1.29, 1.82) is 0 Å². The molecule has 23 heavy (non-hydrogen) atoms. The van der Waals surface area contributed by atoms with E-state index in [-0.39, 0.29) is 11.2 Å². The summed E-state index contributed by atoms with van der Waals surface area (Å²) in [5.41, 5.74) is 1.78. The van der Waals surface area contributed by atoms with E-state index < -0.39 is 0 Å². The van der Waals surface area contributed by atoms with Gasteiger partial charge in [0, 0.05) is 11.1 Å². The topological polar surface area (TPSA) is 42.0 Å². The zero-order valence-corrected chi connectivity index (χ0v) is 13.7. The van der Waals surface area contributed by atoms with Crippen molar-refractivity contribution in [3.8, 4) is 0 Å². The Labute approximate surface area is 140 Å². The molecule has 0 aliphatic rings. The van der Waals surface area contributed by atoms with Gasteiger partial charge in [0.05, 0.1) is 15.8 Å². The van der Waals surface area contributed by atoms with Crippen LogP contribution in [0.15, 0.2) is 71.8 Å². The van der Waals surface area contributed by atoms with Crippen LogP contribution in [0.4, 0.5) is 5.69 Å². The molecule has 3 aromatic rings. The lowest BCUT2D eigenvalue weighted by Gasteiger charge is -2.14. The fourth-order valence-corrected chi connectivity index (χ4v) is 3.25. The number of rotatable bonds is 5. The minimum Gasteiger partial charge on any atom is -0.325 e. The predicted octanol–water partition coefficient (Wildman–Crippen LogP) is 4.74. The van der Waals surface area contributed by atoms with Crippen LogP contribution in [0.3, 0.4) is 0 Å². The fourth-order valence-electron chi connectivity index (χ4n) is 2.33. The molecule has 116 valence electrons. The minimum atomic E-state index is -0.163. The first-order chi connectivity index (χ1) is 11.3. The lowest BCUT2D eigenvalue weighted by molar-refractivity contribution is -0.115. The van der Waals surface area contributed by atoms with Gasteiger partial charge in [-0.25, -0.2) is 4.98 Å². The third-order valence-corrected chi connectivity index (χ3v) is 4.84. The molecule has 0 aliphatic carbocycles. The van der Waals surface area contributed by atoms with Crippen molar-refractivity contribution in [3.05, 3.63) is 66.7 Å². The fraction of sp³-hybridized carbons (Fsp3) is 0.158. The molecule has 4 heteroatoms. The number of pyridine rings is 1. The molecule has 1 N–H and O–H groups in total. The average Bonchev–Trinajstić information content (AvgIpc) is 2.60. The van der Waals surface area contributed by atoms with Crippen molar-refractivity contribution >= 4 is 34.3 Å². The predicted molar refractivity (Wildman–Crippen MR) is 96.8 cm³/mol. The van der Waals surface area contributed by atoms with E-state index >= 15 is 0 Å². The molecule has 0 spiro atoms. The van der Waals surface area contributed by atoms with Crippen LogP contribution in [0.5, 0.6) is 0 Å². The molecule has 3 rings (SSSR count). The van der Waals surface area contributed by atoms with Gasteiger partial charge >= 0.3 is 0 Å². The van der Waals surface area contributed by atoms with Crippen molar-refractivity contribution in [3.63, 3.8) is 0 Å². The number of fused-ring (bicyclic) bond motifs is 1. The van der Waals surface area contributed by atoms with E-state index in [1.54, 1.807) is 0 Å². The SMILES string of the molecule is CC[C@H](Sc1ccc2ccccc2n1)C(=O)Nc1ccccc1. The third-order valence-electron chi connectivity index (χ3n) is 3.54. The summed E-state index contributed by atoms with van der Waals surface area (Å²) in [7, 11) is 0. The molecule has 0 aliphatic heterocycles. The van der Waals surface area contributed by atoms with Crippen molar-refractivity contribution in [2.75, 3.05) is 5.32 Å². The molecule has 0 radical (unpaired) electrons. The average molecular weight is 322 g/mol. The zero-order valence-electron chi connectivity index (χ0n) is 12.9. The maximum Gasteiger partial charge on any atom is 0.237 e. The van der Waals surface area contributed by atoms with Gasteiger partial charge in [-0.15, -0.1) is 0 Å². The number of benzene rings is 2. The summed E-state index contributed by atoms with van der Waals surface area (Å²) in [5, 5.41) is 4.78. The number of hydrogen-bond donors (Lipinski definition) is 1. The summed E-state index contributed by atoms with van der Waals surface area (Å²) in [6.45, 7) is 2.02. The number of para-hydroxylation sites is 2. The van der Waals surface area contributed by atoms with E-state index in [9.17, 15) is 4.79 Å². The number of aromatic nitrogens is 1. The largest absolute Gasteiger partial charge is 0.325 e. The number of carbonyl (C=O) groups is 1. The second-order valence-electron chi connectivity index (χ2n) is 5.21. The van der Waals surface area contributed by atoms with Gasteiger partial charge in [0.1, 0.15) is 0 Å². The molecule has 0 saturated heterocycles. The maximum absolute atomic E-state index is 12.5. The van der Waals surface area contributed by atoms with Gasteiger partial charge in [-0.1, -0.05) is 61.2 Å². The Hall–Kier alpha value is -2.33. The first kappa shape index (κ1) is 15.6. The maximum atomic E-state index is 12.5. The molecule has 2 aromatic carbocycles. The molecule has 0 fully saturated rings. The number of nitrogens with one attached hydrogen (secondary N) is 1. The van der Waals surface area contributed by atoms with E-state index in [1.165, 1.54) is 11.8 Å². The van der Waals surface area contributed by atoms with E-state index in [4.69, 9.17) is 0 Å². The van der Waals surface area contributed by atoms with Gasteiger partial charge in [0.25, 0.3) is 0 Å². The molecule has 1 amide bonds.